The minimum absolute atomic E-state index is 0.0576. The molecule has 0 radical (unpaired) electrons. The maximum Gasteiger partial charge on any atom is 0.233 e. The molecule has 1 aliphatic rings. The average Bonchev–Trinajstić information content (AvgIpc) is 2.85. The molecule has 0 aromatic rings. The van der Waals surface area contributed by atoms with Gasteiger partial charge in [-0.3, -0.25) is 15.1 Å². The van der Waals surface area contributed by atoms with Crippen LogP contribution in [0.3, 0.4) is 0 Å². The average molecular weight is 255 g/mol. The molecular formula is C14H29N3O. The van der Waals surface area contributed by atoms with Gasteiger partial charge in [0.15, 0.2) is 0 Å². The largest absolute Gasteiger partial charge is 0.297 e. The number of amides is 1. The molecule has 0 aromatic carbocycles. The SMILES string of the molecule is CC(C)CN(C(C)CCC(=O)NN)C1CCCC1. The predicted molar refractivity (Wildman–Crippen MR) is 74.8 cm³/mol. The van der Waals surface area contributed by atoms with E-state index in [1.165, 1.54) is 25.7 Å². The van der Waals surface area contributed by atoms with Crippen LogP contribution >= 0.6 is 0 Å². The van der Waals surface area contributed by atoms with Gasteiger partial charge in [0.05, 0.1) is 0 Å². The van der Waals surface area contributed by atoms with E-state index in [9.17, 15) is 4.79 Å². The standard InChI is InChI=1S/C14H29N3O/c1-11(2)10-17(13-6-4-5-7-13)12(3)8-9-14(18)16-15/h11-13H,4-10,15H2,1-3H3,(H,16,18). The Morgan fingerprint density at radius 2 is 1.94 bits per heavy atom. The normalized spacial score (nSPS) is 18.6. The van der Waals surface area contributed by atoms with E-state index < -0.39 is 0 Å². The fourth-order valence-electron chi connectivity index (χ4n) is 2.92. The molecule has 1 rings (SSSR count). The minimum atomic E-state index is -0.0576. The Hall–Kier alpha value is -0.610. The molecule has 0 saturated heterocycles. The first-order valence-corrected chi connectivity index (χ1v) is 7.29. The van der Waals surface area contributed by atoms with Gasteiger partial charge in [-0.1, -0.05) is 26.7 Å². The summed E-state index contributed by atoms with van der Waals surface area (Å²) in [5.41, 5.74) is 2.21. The summed E-state index contributed by atoms with van der Waals surface area (Å²) in [6.07, 6.45) is 6.77. The number of hydrogen-bond acceptors (Lipinski definition) is 3. The Labute approximate surface area is 111 Å². The topological polar surface area (TPSA) is 58.4 Å². The van der Waals surface area contributed by atoms with E-state index in [1.807, 2.05) is 0 Å². The van der Waals surface area contributed by atoms with E-state index in [4.69, 9.17) is 5.84 Å². The quantitative estimate of drug-likeness (QED) is 0.416. The van der Waals surface area contributed by atoms with E-state index in [2.05, 4.69) is 31.1 Å². The molecule has 4 heteroatoms. The summed E-state index contributed by atoms with van der Waals surface area (Å²) < 4.78 is 0. The van der Waals surface area contributed by atoms with Crippen molar-refractivity contribution in [2.24, 2.45) is 11.8 Å². The van der Waals surface area contributed by atoms with Crippen LogP contribution in [0.4, 0.5) is 0 Å². The zero-order valence-corrected chi connectivity index (χ0v) is 12.1. The van der Waals surface area contributed by atoms with Gasteiger partial charge in [0.2, 0.25) is 5.91 Å². The van der Waals surface area contributed by atoms with Crippen molar-refractivity contribution in [3.8, 4) is 0 Å². The molecule has 0 aromatic heterocycles. The molecule has 0 bridgehead atoms. The van der Waals surface area contributed by atoms with Crippen molar-refractivity contribution in [2.75, 3.05) is 6.54 Å². The molecular weight excluding hydrogens is 226 g/mol. The first kappa shape index (κ1) is 15.4. The first-order valence-electron chi connectivity index (χ1n) is 7.29. The summed E-state index contributed by atoms with van der Waals surface area (Å²) in [7, 11) is 0. The molecule has 18 heavy (non-hydrogen) atoms. The van der Waals surface area contributed by atoms with E-state index >= 15 is 0 Å². The lowest BCUT2D eigenvalue weighted by Gasteiger charge is -2.36. The molecule has 0 spiro atoms. The molecule has 1 unspecified atom stereocenters. The Morgan fingerprint density at radius 3 is 2.44 bits per heavy atom. The Kier molecular flexibility index (Phi) is 6.65. The number of rotatable bonds is 7. The van der Waals surface area contributed by atoms with Crippen molar-refractivity contribution >= 4 is 5.91 Å². The van der Waals surface area contributed by atoms with Crippen LogP contribution in [0.15, 0.2) is 0 Å². The minimum Gasteiger partial charge on any atom is -0.297 e. The predicted octanol–water partition coefficient (Wildman–Crippen LogP) is 2.05. The monoisotopic (exact) mass is 255 g/mol. The zero-order valence-electron chi connectivity index (χ0n) is 12.1. The summed E-state index contributed by atoms with van der Waals surface area (Å²) in [5, 5.41) is 0. The summed E-state index contributed by atoms with van der Waals surface area (Å²) in [6, 6.07) is 1.19. The van der Waals surface area contributed by atoms with Gasteiger partial charge in [-0.25, -0.2) is 5.84 Å². The van der Waals surface area contributed by atoms with Gasteiger partial charge in [-0.05, 0) is 32.1 Å². The summed E-state index contributed by atoms with van der Waals surface area (Å²) in [6.45, 7) is 7.91. The lowest BCUT2D eigenvalue weighted by Crippen LogP contribution is -2.43. The summed E-state index contributed by atoms with van der Waals surface area (Å²) in [4.78, 5) is 13.8. The molecule has 0 aliphatic heterocycles. The van der Waals surface area contributed by atoms with Gasteiger partial charge < -0.3 is 0 Å². The Morgan fingerprint density at radius 1 is 1.33 bits per heavy atom. The van der Waals surface area contributed by atoms with E-state index in [0.29, 0.717) is 18.4 Å². The molecule has 0 heterocycles. The number of carbonyl (C=O) groups excluding carboxylic acids is 1. The molecule has 106 valence electrons. The van der Waals surface area contributed by atoms with E-state index in [1.54, 1.807) is 0 Å². The second-order valence-corrected chi connectivity index (χ2v) is 5.98. The Balaban J connectivity index is 2.49. The van der Waals surface area contributed by atoms with Crippen molar-refractivity contribution in [1.29, 1.82) is 0 Å². The lowest BCUT2D eigenvalue weighted by molar-refractivity contribution is -0.121. The Bertz CT molecular complexity index is 249. The highest BCUT2D eigenvalue weighted by atomic mass is 16.2. The maximum atomic E-state index is 11.2. The van der Waals surface area contributed by atoms with Crippen LogP contribution in [0.2, 0.25) is 0 Å². The highest BCUT2D eigenvalue weighted by Gasteiger charge is 2.26. The molecule has 1 amide bonds. The van der Waals surface area contributed by atoms with Crippen molar-refractivity contribution in [3.05, 3.63) is 0 Å². The smallest absolute Gasteiger partial charge is 0.233 e. The van der Waals surface area contributed by atoms with Crippen LogP contribution in [0.1, 0.15) is 59.3 Å². The third kappa shape index (κ3) is 4.94. The molecule has 1 fully saturated rings. The number of hydrogen-bond donors (Lipinski definition) is 2. The van der Waals surface area contributed by atoms with Crippen LogP contribution in [-0.2, 0) is 4.79 Å². The van der Waals surface area contributed by atoms with Gasteiger partial charge in [0.1, 0.15) is 0 Å². The lowest BCUT2D eigenvalue weighted by atomic mass is 10.0. The van der Waals surface area contributed by atoms with Crippen LogP contribution < -0.4 is 11.3 Å². The number of nitrogens with two attached hydrogens (primary N) is 1. The third-order valence-corrected chi connectivity index (χ3v) is 3.89. The molecule has 4 nitrogen and oxygen atoms in total. The van der Waals surface area contributed by atoms with Gasteiger partial charge >= 0.3 is 0 Å². The molecule has 3 N–H and O–H groups in total. The van der Waals surface area contributed by atoms with Gasteiger partial charge in [0, 0.05) is 25.0 Å². The fraction of sp³-hybridized carbons (Fsp3) is 0.929. The summed E-state index contributed by atoms with van der Waals surface area (Å²) >= 11 is 0. The van der Waals surface area contributed by atoms with Crippen molar-refractivity contribution in [3.63, 3.8) is 0 Å². The number of nitrogens with zero attached hydrogens (tertiary/aromatic N) is 1. The maximum absolute atomic E-state index is 11.2. The molecule has 1 aliphatic carbocycles. The number of carbonyl (C=O) groups is 1. The fourth-order valence-corrected chi connectivity index (χ4v) is 2.92. The van der Waals surface area contributed by atoms with E-state index in [0.717, 1.165) is 19.0 Å². The molecule has 1 saturated carbocycles. The summed E-state index contributed by atoms with van der Waals surface area (Å²) in [5.74, 6) is 5.74. The zero-order chi connectivity index (χ0) is 13.5. The van der Waals surface area contributed by atoms with Crippen molar-refractivity contribution in [1.82, 2.24) is 10.3 Å². The van der Waals surface area contributed by atoms with Crippen molar-refractivity contribution < 1.29 is 4.79 Å². The van der Waals surface area contributed by atoms with Crippen LogP contribution in [0.5, 0.6) is 0 Å². The van der Waals surface area contributed by atoms with Gasteiger partial charge in [-0.2, -0.15) is 0 Å². The van der Waals surface area contributed by atoms with Gasteiger partial charge in [0.25, 0.3) is 0 Å². The third-order valence-electron chi connectivity index (χ3n) is 3.89. The molecule has 1 atom stereocenters. The highest BCUT2D eigenvalue weighted by Crippen LogP contribution is 2.27. The second kappa shape index (κ2) is 7.74. The van der Waals surface area contributed by atoms with Crippen molar-refractivity contribution in [2.45, 2.75) is 71.4 Å². The van der Waals surface area contributed by atoms with Crippen LogP contribution in [0.25, 0.3) is 0 Å². The highest BCUT2D eigenvalue weighted by molar-refractivity contribution is 5.75. The van der Waals surface area contributed by atoms with E-state index in [-0.39, 0.29) is 5.91 Å². The number of hydrazine groups is 1. The van der Waals surface area contributed by atoms with Crippen LogP contribution in [0, 0.1) is 5.92 Å². The number of nitrogens with one attached hydrogen (secondary N) is 1. The first-order chi connectivity index (χ1) is 8.54. The second-order valence-electron chi connectivity index (χ2n) is 5.98. The van der Waals surface area contributed by atoms with Gasteiger partial charge in [-0.15, -0.1) is 0 Å². The van der Waals surface area contributed by atoms with Crippen LogP contribution in [-0.4, -0.2) is 29.4 Å².